The zero-order valence-corrected chi connectivity index (χ0v) is 21.6. The Labute approximate surface area is 213 Å². The lowest BCUT2D eigenvalue weighted by Crippen LogP contribution is -2.15. The first-order valence-electron chi connectivity index (χ1n) is 10.8. The van der Waals surface area contributed by atoms with Gasteiger partial charge in [-0.2, -0.15) is 0 Å². The highest BCUT2D eigenvalue weighted by Crippen LogP contribution is 2.36. The molecule has 0 radical (unpaired) electrons. The molecule has 0 aliphatic rings. The molecule has 9 heteroatoms. The normalized spacial score (nSPS) is 12.2. The van der Waals surface area contributed by atoms with Crippen molar-refractivity contribution in [3.05, 3.63) is 88.4 Å². The molecule has 1 N–H and O–H groups in total. The molecule has 3 aromatic carbocycles. The third-order valence-corrected chi connectivity index (χ3v) is 7.98. The van der Waals surface area contributed by atoms with Crippen molar-refractivity contribution < 1.29 is 17.9 Å². The van der Waals surface area contributed by atoms with Gasteiger partial charge in [0.25, 0.3) is 0 Å². The highest BCUT2D eigenvalue weighted by Gasteiger charge is 2.26. The fraction of sp³-hybridized carbons (Fsp3) is 0.192. The molecule has 1 heterocycles. The van der Waals surface area contributed by atoms with E-state index in [1.165, 1.54) is 12.1 Å². The van der Waals surface area contributed by atoms with Gasteiger partial charge >= 0.3 is 0 Å². The van der Waals surface area contributed by atoms with Crippen molar-refractivity contribution in [1.29, 1.82) is 0 Å². The second-order valence-electron chi connectivity index (χ2n) is 8.57. The summed E-state index contributed by atoms with van der Waals surface area (Å²) in [6.45, 7) is 4.75. The quantitative estimate of drug-likeness (QED) is 0.300. The average Bonchev–Trinajstić information content (AvgIpc) is 3.24. The Morgan fingerprint density at radius 1 is 1.00 bits per heavy atom. The van der Waals surface area contributed by atoms with Crippen LogP contribution in [0.1, 0.15) is 26.5 Å². The first kappa shape index (κ1) is 25.4. The Kier molecular flexibility index (Phi) is 6.81. The topological polar surface area (TPSA) is 72.2 Å². The van der Waals surface area contributed by atoms with Gasteiger partial charge in [-0.3, -0.25) is 4.57 Å². The van der Waals surface area contributed by atoms with Crippen LogP contribution in [0.25, 0.3) is 28.2 Å². The van der Waals surface area contributed by atoms with E-state index in [0.29, 0.717) is 27.5 Å². The second kappa shape index (κ2) is 9.39. The smallest absolute Gasteiger partial charge is 0.178 e. The summed E-state index contributed by atoms with van der Waals surface area (Å²) in [7, 11) is -3.36. The van der Waals surface area contributed by atoms with Crippen LogP contribution in [0.2, 0.25) is 10.0 Å². The highest BCUT2D eigenvalue weighted by molar-refractivity contribution is 7.91. The maximum atomic E-state index is 14.8. The van der Waals surface area contributed by atoms with Crippen LogP contribution in [-0.4, -0.2) is 28.8 Å². The molecular formula is C26H23Cl2FN2O3S. The number of rotatable bonds is 6. The lowest BCUT2D eigenvalue weighted by atomic mass is 10.1. The van der Waals surface area contributed by atoms with Gasteiger partial charge in [-0.1, -0.05) is 54.4 Å². The third-order valence-electron chi connectivity index (χ3n) is 5.63. The van der Waals surface area contributed by atoms with E-state index >= 15 is 0 Å². The molecular weight excluding hydrogens is 510 g/mol. The first-order chi connectivity index (χ1) is 16.4. The summed E-state index contributed by atoms with van der Waals surface area (Å²) in [6, 6.07) is 16.2. The fourth-order valence-electron chi connectivity index (χ4n) is 3.66. The Bertz CT molecular complexity index is 1510. The molecule has 0 amide bonds. The predicted octanol–water partition coefficient (Wildman–Crippen LogP) is 6.67. The lowest BCUT2D eigenvalue weighted by Gasteiger charge is -2.13. The van der Waals surface area contributed by atoms with Crippen LogP contribution in [0.15, 0.2) is 71.8 Å². The van der Waals surface area contributed by atoms with Crippen molar-refractivity contribution in [2.45, 2.75) is 31.3 Å². The van der Waals surface area contributed by atoms with Gasteiger partial charge in [-0.25, -0.2) is 17.8 Å². The monoisotopic (exact) mass is 532 g/mol. The predicted molar refractivity (Wildman–Crippen MR) is 137 cm³/mol. The minimum Gasteiger partial charge on any atom is -0.384 e. The van der Waals surface area contributed by atoms with Gasteiger partial charge in [0.15, 0.2) is 9.84 Å². The molecule has 0 aliphatic carbocycles. The lowest BCUT2D eigenvalue weighted by molar-refractivity contribution is 0.0743. The van der Waals surface area contributed by atoms with Crippen LogP contribution < -0.4 is 0 Å². The zero-order chi connectivity index (χ0) is 25.5. The second-order valence-corrected chi connectivity index (χ2v) is 11.7. The van der Waals surface area contributed by atoms with E-state index in [1.807, 2.05) is 0 Å². The van der Waals surface area contributed by atoms with E-state index in [-0.39, 0.29) is 27.1 Å². The molecule has 0 saturated heterocycles. The van der Waals surface area contributed by atoms with Gasteiger partial charge in [0.2, 0.25) is 0 Å². The molecule has 4 aromatic rings. The number of nitrogens with zero attached hydrogens (tertiary/aromatic N) is 2. The maximum absolute atomic E-state index is 14.8. The van der Waals surface area contributed by atoms with Gasteiger partial charge in [-0.15, -0.1) is 0 Å². The van der Waals surface area contributed by atoms with Crippen LogP contribution >= 0.6 is 23.2 Å². The van der Waals surface area contributed by atoms with Crippen LogP contribution in [0.5, 0.6) is 0 Å². The molecule has 0 fully saturated rings. The van der Waals surface area contributed by atoms with E-state index in [2.05, 4.69) is 4.98 Å². The van der Waals surface area contributed by atoms with Crippen LogP contribution in [0.4, 0.5) is 4.39 Å². The number of halogens is 3. The number of hydrogen-bond acceptors (Lipinski definition) is 4. The molecule has 0 unspecified atom stereocenters. The Balaban J connectivity index is 1.87. The largest absolute Gasteiger partial charge is 0.384 e. The number of sulfone groups is 1. The van der Waals surface area contributed by atoms with Crippen LogP contribution in [-0.2, 0) is 15.4 Å². The molecule has 5 nitrogen and oxygen atoms in total. The number of hydrogen-bond donors (Lipinski definition) is 1. The standard InChI is InChI=1S/C26H23Cl2FN2O3S/c1-4-35(33,34)18-8-5-7-16(13-18)17-11-12-22(20(28)14-17)31-15-23(26(2,3)32)30-25(31)24-19(27)9-6-10-21(24)29/h5-15,32H,4H2,1-3H3. The minimum atomic E-state index is -3.36. The zero-order valence-electron chi connectivity index (χ0n) is 19.3. The Morgan fingerprint density at radius 2 is 1.69 bits per heavy atom. The molecule has 0 saturated carbocycles. The molecule has 0 bridgehead atoms. The van der Waals surface area contributed by atoms with Crippen molar-refractivity contribution in [2.24, 2.45) is 0 Å². The van der Waals surface area contributed by atoms with Gasteiger partial charge in [0.1, 0.15) is 17.2 Å². The van der Waals surface area contributed by atoms with Crippen molar-refractivity contribution >= 4 is 33.0 Å². The van der Waals surface area contributed by atoms with Gasteiger partial charge in [-0.05, 0) is 61.4 Å². The Hall–Kier alpha value is -2.71. The summed E-state index contributed by atoms with van der Waals surface area (Å²) < 4.78 is 41.0. The summed E-state index contributed by atoms with van der Waals surface area (Å²) >= 11 is 13.0. The minimum absolute atomic E-state index is 0.00168. The number of aliphatic hydroxyl groups is 1. The summed E-state index contributed by atoms with van der Waals surface area (Å²) in [5.74, 6) is -0.369. The van der Waals surface area contributed by atoms with E-state index in [0.717, 1.165) is 0 Å². The molecule has 182 valence electrons. The van der Waals surface area contributed by atoms with Crippen molar-refractivity contribution in [3.63, 3.8) is 0 Å². The molecule has 0 atom stereocenters. The molecule has 0 aliphatic heterocycles. The van der Waals surface area contributed by atoms with Crippen molar-refractivity contribution in [3.8, 4) is 28.2 Å². The molecule has 0 spiro atoms. The van der Waals surface area contributed by atoms with Crippen molar-refractivity contribution in [2.75, 3.05) is 5.75 Å². The summed E-state index contributed by atoms with van der Waals surface area (Å²) in [5, 5.41) is 11.0. The molecule has 4 rings (SSSR count). The highest BCUT2D eigenvalue weighted by atomic mass is 35.5. The average molecular weight is 533 g/mol. The van der Waals surface area contributed by atoms with Crippen LogP contribution in [0, 0.1) is 5.82 Å². The fourth-order valence-corrected chi connectivity index (χ4v) is 5.11. The third kappa shape index (κ3) is 5.00. The number of imidazole rings is 1. The Morgan fingerprint density at radius 3 is 2.31 bits per heavy atom. The van der Waals surface area contributed by atoms with Gasteiger partial charge < -0.3 is 5.11 Å². The SMILES string of the molecule is CCS(=O)(=O)c1cccc(-c2ccc(-n3cc(C(C)(C)O)nc3-c3c(F)cccc3Cl)c(Cl)c2)c1. The van der Waals surface area contributed by atoms with Crippen molar-refractivity contribution in [1.82, 2.24) is 9.55 Å². The maximum Gasteiger partial charge on any atom is 0.178 e. The van der Waals surface area contributed by atoms with E-state index in [1.54, 1.807) is 80.1 Å². The van der Waals surface area contributed by atoms with Gasteiger partial charge in [0.05, 0.1) is 37.6 Å². The van der Waals surface area contributed by atoms with E-state index < -0.39 is 21.3 Å². The molecule has 1 aromatic heterocycles. The number of aromatic nitrogens is 2. The van der Waals surface area contributed by atoms with E-state index in [9.17, 15) is 17.9 Å². The van der Waals surface area contributed by atoms with E-state index in [4.69, 9.17) is 23.2 Å². The molecule has 35 heavy (non-hydrogen) atoms. The summed E-state index contributed by atoms with van der Waals surface area (Å²) in [6.07, 6.45) is 1.59. The van der Waals surface area contributed by atoms with Crippen LogP contribution in [0.3, 0.4) is 0 Å². The summed E-state index contributed by atoms with van der Waals surface area (Å²) in [5.41, 5.74) is 0.986. The number of benzene rings is 3. The first-order valence-corrected chi connectivity index (χ1v) is 13.2. The summed E-state index contributed by atoms with van der Waals surface area (Å²) in [4.78, 5) is 4.72. The van der Waals surface area contributed by atoms with Gasteiger partial charge in [0, 0.05) is 6.20 Å².